The fourth-order valence-corrected chi connectivity index (χ4v) is 1.45. The molecule has 0 aliphatic heterocycles. The highest BCUT2D eigenvalue weighted by Crippen LogP contribution is 2.28. The Hall–Kier alpha value is -1.45. The van der Waals surface area contributed by atoms with Crippen molar-refractivity contribution in [1.29, 1.82) is 0 Å². The molecule has 2 rings (SSSR count). The second-order valence-corrected chi connectivity index (χ2v) is 3.89. The van der Waals surface area contributed by atoms with Gasteiger partial charge in [-0.3, -0.25) is 0 Å². The topological polar surface area (TPSA) is 48.1 Å². The number of anilines is 1. The highest BCUT2D eigenvalue weighted by molar-refractivity contribution is 6.33. The lowest BCUT2D eigenvalue weighted by Crippen LogP contribution is -1.89. The molecule has 0 bridgehead atoms. The van der Waals surface area contributed by atoms with Gasteiger partial charge >= 0.3 is 0 Å². The molecule has 2 N–H and O–H groups in total. The van der Waals surface area contributed by atoms with Crippen LogP contribution in [-0.2, 0) is 0 Å². The molecule has 82 valence electrons. The van der Waals surface area contributed by atoms with E-state index in [1.807, 2.05) is 0 Å². The van der Waals surface area contributed by atoms with Crippen molar-refractivity contribution in [3.8, 4) is 11.5 Å². The van der Waals surface area contributed by atoms with Gasteiger partial charge in [-0.15, -0.1) is 0 Å². The third-order valence-electron chi connectivity index (χ3n) is 1.90. The van der Waals surface area contributed by atoms with Crippen molar-refractivity contribution >= 4 is 28.9 Å². The summed E-state index contributed by atoms with van der Waals surface area (Å²) in [7, 11) is 0. The molecule has 0 saturated carbocycles. The summed E-state index contributed by atoms with van der Waals surface area (Å²) >= 11 is 11.5. The van der Waals surface area contributed by atoms with Crippen LogP contribution in [0.5, 0.6) is 11.5 Å². The monoisotopic (exact) mass is 254 g/mol. The second kappa shape index (κ2) is 4.60. The standard InChI is InChI=1S/C11H8Cl2N2O/c12-9-2-1-7(5-10(9)14)16-8-3-4-15-11(13)6-8/h1-6H,14H2. The van der Waals surface area contributed by atoms with Crippen molar-refractivity contribution in [1.82, 2.24) is 4.98 Å². The summed E-state index contributed by atoms with van der Waals surface area (Å²) in [6, 6.07) is 8.38. The number of pyridine rings is 1. The van der Waals surface area contributed by atoms with Crippen LogP contribution in [0.4, 0.5) is 5.69 Å². The molecule has 0 radical (unpaired) electrons. The third kappa shape index (κ3) is 2.56. The molecule has 1 heterocycles. The number of nitrogens with two attached hydrogens (primary N) is 1. The highest BCUT2D eigenvalue weighted by atomic mass is 35.5. The van der Waals surface area contributed by atoms with E-state index in [0.717, 1.165) is 0 Å². The Morgan fingerprint density at radius 3 is 2.50 bits per heavy atom. The van der Waals surface area contributed by atoms with E-state index in [9.17, 15) is 0 Å². The predicted octanol–water partition coefficient (Wildman–Crippen LogP) is 3.76. The van der Waals surface area contributed by atoms with Gasteiger partial charge in [-0.25, -0.2) is 4.98 Å². The van der Waals surface area contributed by atoms with Crippen molar-refractivity contribution in [3.63, 3.8) is 0 Å². The molecule has 0 aliphatic rings. The smallest absolute Gasteiger partial charge is 0.132 e. The Bertz CT molecular complexity index is 517. The molecule has 5 heteroatoms. The van der Waals surface area contributed by atoms with Crippen molar-refractivity contribution in [2.24, 2.45) is 0 Å². The summed E-state index contributed by atoms with van der Waals surface area (Å²) in [6.45, 7) is 0. The number of aromatic nitrogens is 1. The minimum Gasteiger partial charge on any atom is -0.457 e. The van der Waals surface area contributed by atoms with Gasteiger partial charge in [0.05, 0.1) is 10.7 Å². The Kier molecular flexibility index (Phi) is 3.17. The minimum absolute atomic E-state index is 0.374. The van der Waals surface area contributed by atoms with Crippen LogP contribution in [0.15, 0.2) is 36.5 Å². The molecule has 0 fully saturated rings. The maximum Gasteiger partial charge on any atom is 0.132 e. The maximum atomic E-state index is 5.80. The summed E-state index contributed by atoms with van der Waals surface area (Å²) in [4.78, 5) is 3.85. The zero-order valence-electron chi connectivity index (χ0n) is 8.15. The summed E-state index contributed by atoms with van der Waals surface area (Å²) in [5.74, 6) is 1.20. The van der Waals surface area contributed by atoms with Gasteiger partial charge in [0.15, 0.2) is 0 Å². The Morgan fingerprint density at radius 1 is 1.06 bits per heavy atom. The first-order chi connectivity index (χ1) is 7.65. The van der Waals surface area contributed by atoms with Crippen LogP contribution in [0.2, 0.25) is 10.2 Å². The summed E-state index contributed by atoms with van der Waals surface area (Å²) < 4.78 is 5.53. The van der Waals surface area contributed by atoms with Crippen LogP contribution in [0.3, 0.4) is 0 Å². The molecule has 16 heavy (non-hydrogen) atoms. The van der Waals surface area contributed by atoms with Crippen LogP contribution in [0, 0.1) is 0 Å². The summed E-state index contributed by atoms with van der Waals surface area (Å²) in [5.41, 5.74) is 6.13. The predicted molar refractivity (Wildman–Crippen MR) is 65.2 cm³/mol. The molecule has 0 saturated heterocycles. The van der Waals surface area contributed by atoms with E-state index in [1.165, 1.54) is 0 Å². The third-order valence-corrected chi connectivity index (χ3v) is 2.45. The molecule has 0 unspecified atom stereocenters. The molecule has 0 amide bonds. The van der Waals surface area contributed by atoms with Crippen molar-refractivity contribution < 1.29 is 4.74 Å². The van der Waals surface area contributed by atoms with Gasteiger partial charge in [0.25, 0.3) is 0 Å². The van der Waals surface area contributed by atoms with Crippen LogP contribution in [-0.4, -0.2) is 4.98 Å². The second-order valence-electron chi connectivity index (χ2n) is 3.10. The van der Waals surface area contributed by atoms with E-state index in [4.69, 9.17) is 33.7 Å². The lowest BCUT2D eigenvalue weighted by molar-refractivity contribution is 0.482. The Balaban J connectivity index is 2.24. The SMILES string of the molecule is Nc1cc(Oc2ccnc(Cl)c2)ccc1Cl. The normalized spacial score (nSPS) is 10.1. The summed E-state index contributed by atoms with van der Waals surface area (Å²) in [5, 5.41) is 0.875. The molecular weight excluding hydrogens is 247 g/mol. The van der Waals surface area contributed by atoms with E-state index < -0.39 is 0 Å². The van der Waals surface area contributed by atoms with Crippen molar-refractivity contribution in [2.75, 3.05) is 5.73 Å². The van der Waals surface area contributed by atoms with Crippen molar-refractivity contribution in [3.05, 3.63) is 46.7 Å². The number of ether oxygens (including phenoxy) is 1. The minimum atomic E-state index is 0.374. The van der Waals surface area contributed by atoms with E-state index >= 15 is 0 Å². The molecular formula is C11H8Cl2N2O. The largest absolute Gasteiger partial charge is 0.457 e. The van der Waals surface area contributed by atoms with E-state index in [-0.39, 0.29) is 0 Å². The molecule has 2 aromatic rings. The lowest BCUT2D eigenvalue weighted by Gasteiger charge is -2.06. The Morgan fingerprint density at radius 2 is 1.81 bits per heavy atom. The first-order valence-electron chi connectivity index (χ1n) is 4.49. The zero-order valence-corrected chi connectivity index (χ0v) is 9.66. The molecule has 0 spiro atoms. The first kappa shape index (κ1) is 11.0. The quantitative estimate of drug-likeness (QED) is 0.656. The molecule has 0 aliphatic carbocycles. The van der Waals surface area contributed by atoms with Gasteiger partial charge in [-0.2, -0.15) is 0 Å². The van der Waals surface area contributed by atoms with Gasteiger partial charge in [-0.1, -0.05) is 23.2 Å². The van der Waals surface area contributed by atoms with Gasteiger partial charge in [-0.05, 0) is 18.2 Å². The van der Waals surface area contributed by atoms with Crippen molar-refractivity contribution in [2.45, 2.75) is 0 Å². The van der Waals surface area contributed by atoms with Crippen LogP contribution in [0.25, 0.3) is 0 Å². The zero-order chi connectivity index (χ0) is 11.5. The first-order valence-corrected chi connectivity index (χ1v) is 5.25. The van der Waals surface area contributed by atoms with Crippen LogP contribution >= 0.6 is 23.2 Å². The molecule has 3 nitrogen and oxygen atoms in total. The van der Waals surface area contributed by atoms with E-state index in [2.05, 4.69) is 4.98 Å². The van der Waals surface area contributed by atoms with Gasteiger partial charge in [0, 0.05) is 18.3 Å². The van der Waals surface area contributed by atoms with Crippen LogP contribution in [0.1, 0.15) is 0 Å². The molecule has 1 aromatic carbocycles. The number of benzene rings is 1. The number of nitrogens with zero attached hydrogens (tertiary/aromatic N) is 1. The van der Waals surface area contributed by atoms with Gasteiger partial charge in [0.2, 0.25) is 0 Å². The number of hydrogen-bond acceptors (Lipinski definition) is 3. The number of rotatable bonds is 2. The molecule has 1 aromatic heterocycles. The maximum absolute atomic E-state index is 5.80. The lowest BCUT2D eigenvalue weighted by atomic mass is 10.3. The van der Waals surface area contributed by atoms with E-state index in [1.54, 1.807) is 36.5 Å². The number of halogens is 2. The van der Waals surface area contributed by atoms with E-state index in [0.29, 0.717) is 27.4 Å². The Labute approximate surface area is 103 Å². The van der Waals surface area contributed by atoms with Gasteiger partial charge < -0.3 is 10.5 Å². The van der Waals surface area contributed by atoms with Gasteiger partial charge in [0.1, 0.15) is 16.7 Å². The fourth-order valence-electron chi connectivity index (χ4n) is 1.17. The average molecular weight is 255 g/mol. The summed E-state index contributed by atoms with van der Waals surface area (Å²) in [6.07, 6.45) is 1.57. The average Bonchev–Trinajstić information content (AvgIpc) is 2.24. The number of hydrogen-bond donors (Lipinski definition) is 1. The van der Waals surface area contributed by atoms with Crippen LogP contribution < -0.4 is 10.5 Å². The highest BCUT2D eigenvalue weighted by Gasteiger charge is 2.01. The fraction of sp³-hybridized carbons (Fsp3) is 0. The number of nitrogen functional groups attached to an aromatic ring is 1. The molecule has 0 atom stereocenters.